The number of ether oxygens (including phenoxy) is 1. The average molecular weight is 478 g/mol. The number of nitrogens with zero attached hydrogens (tertiary/aromatic N) is 2. The normalized spacial score (nSPS) is 20.8. The number of anilines is 1. The number of unbranched alkanes of at least 4 members (excludes halogenated alkanes) is 1. The standard InChI is InChI=1S/C30H43N3O2/c1-22(34)35-19-7-6-17-31-24-10-9-18-33(21-24)28-12-8-11-27(32-28)23-13-14-25-26(20-23)30(4,5)16-15-29(25,2)3/h8,11-14,20,24,31H,6-7,9-10,15-19,21H2,1-5H3. The largest absolute Gasteiger partial charge is 0.466 e. The van der Waals surface area contributed by atoms with Gasteiger partial charge >= 0.3 is 5.97 Å². The van der Waals surface area contributed by atoms with Crippen molar-refractivity contribution in [2.75, 3.05) is 31.1 Å². The topological polar surface area (TPSA) is 54.5 Å². The van der Waals surface area contributed by atoms with Crippen molar-refractivity contribution in [2.45, 2.75) is 90.0 Å². The number of piperidine rings is 1. The highest BCUT2D eigenvalue weighted by molar-refractivity contribution is 5.66. The van der Waals surface area contributed by atoms with E-state index in [9.17, 15) is 4.79 Å². The fourth-order valence-corrected chi connectivity index (χ4v) is 5.61. The molecule has 2 heterocycles. The Labute approximate surface area is 211 Å². The van der Waals surface area contributed by atoms with Crippen molar-refractivity contribution < 1.29 is 9.53 Å². The first-order valence-electron chi connectivity index (χ1n) is 13.4. The zero-order chi connectivity index (χ0) is 25.1. The van der Waals surface area contributed by atoms with Gasteiger partial charge in [0, 0.05) is 31.6 Å². The number of fused-ring (bicyclic) bond motifs is 1. The zero-order valence-corrected chi connectivity index (χ0v) is 22.3. The van der Waals surface area contributed by atoms with Crippen LogP contribution in [0.15, 0.2) is 36.4 Å². The Bertz CT molecular complexity index is 1030. The van der Waals surface area contributed by atoms with Crippen LogP contribution in [0.25, 0.3) is 11.3 Å². The molecule has 1 aromatic heterocycles. The molecule has 5 nitrogen and oxygen atoms in total. The van der Waals surface area contributed by atoms with Gasteiger partial charge in [-0.15, -0.1) is 0 Å². The molecule has 0 amide bonds. The quantitative estimate of drug-likeness (QED) is 0.373. The Kier molecular flexibility index (Phi) is 7.85. The number of esters is 1. The summed E-state index contributed by atoms with van der Waals surface area (Å²) < 4.78 is 5.03. The second kappa shape index (κ2) is 10.7. The highest BCUT2D eigenvalue weighted by atomic mass is 16.5. The molecule has 1 atom stereocenters. The highest BCUT2D eigenvalue weighted by Crippen LogP contribution is 2.46. The lowest BCUT2D eigenvalue weighted by molar-refractivity contribution is -0.141. The SMILES string of the molecule is CC(=O)OCCCCNC1CCCN(c2cccc(-c3ccc4c(c3)C(C)(C)CCC4(C)C)n2)C1. The minimum atomic E-state index is -0.196. The molecule has 0 saturated carbocycles. The van der Waals surface area contributed by atoms with Gasteiger partial charge in [0.2, 0.25) is 0 Å². The first kappa shape index (κ1) is 25.7. The predicted molar refractivity (Wildman–Crippen MR) is 144 cm³/mol. The van der Waals surface area contributed by atoms with E-state index in [-0.39, 0.29) is 16.8 Å². The molecule has 1 N–H and O–H groups in total. The molecule has 1 saturated heterocycles. The molecule has 5 heteroatoms. The van der Waals surface area contributed by atoms with E-state index >= 15 is 0 Å². The minimum Gasteiger partial charge on any atom is -0.466 e. The first-order chi connectivity index (χ1) is 16.7. The van der Waals surface area contributed by atoms with Gasteiger partial charge in [0.1, 0.15) is 5.82 Å². The predicted octanol–water partition coefficient (Wildman–Crippen LogP) is 6.00. The molecule has 4 rings (SSSR count). The molecule has 2 aromatic rings. The number of benzene rings is 1. The lowest BCUT2D eigenvalue weighted by Gasteiger charge is -2.42. The van der Waals surface area contributed by atoms with E-state index in [0.29, 0.717) is 12.6 Å². The molecule has 0 radical (unpaired) electrons. The van der Waals surface area contributed by atoms with Gasteiger partial charge in [-0.3, -0.25) is 4.79 Å². The molecule has 1 unspecified atom stereocenters. The lowest BCUT2D eigenvalue weighted by atomic mass is 9.63. The maximum atomic E-state index is 10.9. The van der Waals surface area contributed by atoms with E-state index in [2.05, 4.69) is 74.3 Å². The molecule has 1 aromatic carbocycles. The van der Waals surface area contributed by atoms with E-state index in [1.54, 1.807) is 0 Å². The number of carbonyl (C=O) groups excluding carboxylic acids is 1. The molecule has 0 bridgehead atoms. The third-order valence-electron chi connectivity index (χ3n) is 7.94. The van der Waals surface area contributed by atoms with Gasteiger partial charge in [-0.1, -0.05) is 45.9 Å². The van der Waals surface area contributed by atoms with Crippen LogP contribution >= 0.6 is 0 Å². The van der Waals surface area contributed by atoms with Crippen LogP contribution in [0.3, 0.4) is 0 Å². The van der Waals surface area contributed by atoms with Crippen molar-refractivity contribution in [3.63, 3.8) is 0 Å². The van der Waals surface area contributed by atoms with Crippen LogP contribution < -0.4 is 10.2 Å². The van der Waals surface area contributed by atoms with E-state index < -0.39 is 0 Å². The zero-order valence-electron chi connectivity index (χ0n) is 22.3. The Balaban J connectivity index is 1.42. The molecular weight excluding hydrogens is 434 g/mol. The number of nitrogens with one attached hydrogen (secondary N) is 1. The number of aromatic nitrogens is 1. The average Bonchev–Trinajstić information content (AvgIpc) is 2.84. The van der Waals surface area contributed by atoms with Crippen molar-refractivity contribution in [1.29, 1.82) is 0 Å². The van der Waals surface area contributed by atoms with Crippen LogP contribution in [-0.2, 0) is 20.4 Å². The summed E-state index contributed by atoms with van der Waals surface area (Å²) in [6.07, 6.45) is 6.73. The summed E-state index contributed by atoms with van der Waals surface area (Å²) in [5.41, 5.74) is 5.68. The van der Waals surface area contributed by atoms with Gasteiger partial charge < -0.3 is 15.0 Å². The fraction of sp³-hybridized carbons (Fsp3) is 0.600. The van der Waals surface area contributed by atoms with Gasteiger partial charge in [-0.25, -0.2) is 4.98 Å². The van der Waals surface area contributed by atoms with Crippen LogP contribution in [0.4, 0.5) is 5.82 Å². The van der Waals surface area contributed by atoms with Crippen LogP contribution in [0.5, 0.6) is 0 Å². The second-order valence-corrected chi connectivity index (χ2v) is 11.7. The molecule has 190 valence electrons. The minimum absolute atomic E-state index is 0.196. The fourth-order valence-electron chi connectivity index (χ4n) is 5.61. The maximum absolute atomic E-state index is 10.9. The molecule has 2 aliphatic rings. The number of carbonyl (C=O) groups is 1. The summed E-state index contributed by atoms with van der Waals surface area (Å²) >= 11 is 0. The van der Waals surface area contributed by atoms with Gasteiger partial charge in [0.05, 0.1) is 12.3 Å². The van der Waals surface area contributed by atoms with Crippen molar-refractivity contribution >= 4 is 11.8 Å². The maximum Gasteiger partial charge on any atom is 0.302 e. The number of pyridine rings is 1. The summed E-state index contributed by atoms with van der Waals surface area (Å²) in [5.74, 6) is 0.875. The monoisotopic (exact) mass is 477 g/mol. The van der Waals surface area contributed by atoms with Gasteiger partial charge in [0.15, 0.2) is 0 Å². The van der Waals surface area contributed by atoms with Crippen LogP contribution in [-0.4, -0.2) is 43.2 Å². The summed E-state index contributed by atoms with van der Waals surface area (Å²) in [6, 6.07) is 13.9. The second-order valence-electron chi connectivity index (χ2n) is 11.7. The number of hydrogen-bond donors (Lipinski definition) is 1. The summed E-state index contributed by atoms with van der Waals surface area (Å²) in [6.45, 7) is 14.5. The Morgan fingerprint density at radius 3 is 2.63 bits per heavy atom. The first-order valence-corrected chi connectivity index (χ1v) is 13.4. The van der Waals surface area contributed by atoms with Gasteiger partial charge in [0.25, 0.3) is 0 Å². The Hall–Kier alpha value is -2.40. The smallest absolute Gasteiger partial charge is 0.302 e. The molecule has 0 spiro atoms. The van der Waals surface area contributed by atoms with Crippen molar-refractivity contribution in [1.82, 2.24) is 10.3 Å². The van der Waals surface area contributed by atoms with Crippen LogP contribution in [0.2, 0.25) is 0 Å². The molecule has 35 heavy (non-hydrogen) atoms. The van der Waals surface area contributed by atoms with E-state index in [1.165, 1.54) is 49.3 Å². The molecular formula is C30H43N3O2. The van der Waals surface area contributed by atoms with E-state index in [4.69, 9.17) is 9.72 Å². The summed E-state index contributed by atoms with van der Waals surface area (Å²) in [7, 11) is 0. The van der Waals surface area contributed by atoms with Crippen LogP contribution in [0.1, 0.15) is 84.3 Å². The van der Waals surface area contributed by atoms with Crippen molar-refractivity contribution in [2.24, 2.45) is 0 Å². The lowest BCUT2D eigenvalue weighted by Crippen LogP contribution is -2.46. The summed E-state index contributed by atoms with van der Waals surface area (Å²) in [4.78, 5) is 18.4. The highest BCUT2D eigenvalue weighted by Gasteiger charge is 2.37. The summed E-state index contributed by atoms with van der Waals surface area (Å²) in [5, 5.41) is 3.70. The number of rotatable bonds is 8. The van der Waals surface area contributed by atoms with Gasteiger partial charge in [-0.05, 0) is 85.2 Å². The Morgan fingerprint density at radius 1 is 1.09 bits per heavy atom. The van der Waals surface area contributed by atoms with Gasteiger partial charge in [-0.2, -0.15) is 0 Å². The molecule has 1 aliphatic heterocycles. The van der Waals surface area contributed by atoms with E-state index in [1.807, 2.05) is 0 Å². The molecule has 1 fully saturated rings. The third kappa shape index (κ3) is 6.24. The van der Waals surface area contributed by atoms with Crippen LogP contribution in [0, 0.1) is 0 Å². The van der Waals surface area contributed by atoms with Crippen molar-refractivity contribution in [3.05, 3.63) is 47.5 Å². The number of hydrogen-bond acceptors (Lipinski definition) is 5. The Morgan fingerprint density at radius 2 is 1.86 bits per heavy atom. The third-order valence-corrected chi connectivity index (χ3v) is 7.94. The van der Waals surface area contributed by atoms with Crippen molar-refractivity contribution in [3.8, 4) is 11.3 Å². The molecule has 1 aliphatic carbocycles. The van der Waals surface area contributed by atoms with E-state index in [0.717, 1.165) is 44.0 Å².